The van der Waals surface area contributed by atoms with Crippen molar-refractivity contribution < 1.29 is 0 Å². The molecule has 0 aromatic carbocycles. The summed E-state index contributed by atoms with van der Waals surface area (Å²) in [4.78, 5) is 2.52. The van der Waals surface area contributed by atoms with Gasteiger partial charge in [0, 0.05) is 25.2 Å². The number of hydrogen-bond acceptors (Lipinski definition) is 2. The fourth-order valence-corrected chi connectivity index (χ4v) is 2.24. The van der Waals surface area contributed by atoms with Crippen LogP contribution in [0.4, 0.5) is 0 Å². The number of likely N-dealkylation sites (N-methyl/N-ethyl adjacent to an activating group) is 1. The van der Waals surface area contributed by atoms with Crippen molar-refractivity contribution in [1.29, 1.82) is 0 Å². The van der Waals surface area contributed by atoms with Crippen LogP contribution >= 0.6 is 0 Å². The molecule has 0 heterocycles. The van der Waals surface area contributed by atoms with Crippen LogP contribution in [0.5, 0.6) is 0 Å². The van der Waals surface area contributed by atoms with Gasteiger partial charge in [-0.05, 0) is 45.6 Å². The van der Waals surface area contributed by atoms with Crippen LogP contribution in [0.25, 0.3) is 0 Å². The average molecular weight is 196 g/mol. The van der Waals surface area contributed by atoms with Gasteiger partial charge < -0.3 is 10.2 Å². The number of nitrogens with one attached hydrogen (secondary N) is 1. The van der Waals surface area contributed by atoms with Crippen molar-refractivity contribution in [3.8, 4) is 0 Å². The van der Waals surface area contributed by atoms with E-state index in [1.807, 2.05) is 0 Å². The molecule has 2 nitrogen and oxygen atoms in total. The quantitative estimate of drug-likeness (QED) is 0.697. The third-order valence-electron chi connectivity index (χ3n) is 3.96. The lowest BCUT2D eigenvalue weighted by Gasteiger charge is -2.35. The van der Waals surface area contributed by atoms with Gasteiger partial charge in [0.05, 0.1) is 0 Å². The lowest BCUT2D eigenvalue weighted by Crippen LogP contribution is -2.42. The Morgan fingerprint density at radius 2 is 2.00 bits per heavy atom. The van der Waals surface area contributed by atoms with Crippen LogP contribution in [0, 0.1) is 5.92 Å². The van der Waals surface area contributed by atoms with Gasteiger partial charge in [0.25, 0.3) is 0 Å². The zero-order valence-corrected chi connectivity index (χ0v) is 9.63. The molecule has 0 spiro atoms. The minimum Gasteiger partial charge on any atom is -0.313 e. The molecule has 0 saturated heterocycles. The van der Waals surface area contributed by atoms with Gasteiger partial charge >= 0.3 is 0 Å². The van der Waals surface area contributed by atoms with Gasteiger partial charge in [0.2, 0.25) is 0 Å². The molecule has 14 heavy (non-hydrogen) atoms. The maximum absolute atomic E-state index is 3.64. The lowest BCUT2D eigenvalue weighted by molar-refractivity contribution is 0.159. The minimum absolute atomic E-state index is 0.754. The minimum atomic E-state index is 0.754. The monoisotopic (exact) mass is 196 g/mol. The van der Waals surface area contributed by atoms with E-state index in [0.29, 0.717) is 0 Å². The predicted octanol–water partition coefficient (Wildman–Crippen LogP) is 1.86. The third kappa shape index (κ3) is 2.71. The molecule has 1 unspecified atom stereocenters. The van der Waals surface area contributed by atoms with Gasteiger partial charge in [-0.1, -0.05) is 6.42 Å². The third-order valence-corrected chi connectivity index (χ3v) is 3.96. The van der Waals surface area contributed by atoms with Crippen LogP contribution in [0.3, 0.4) is 0 Å². The van der Waals surface area contributed by atoms with Crippen molar-refractivity contribution in [2.45, 2.75) is 51.1 Å². The molecule has 1 N–H and O–H groups in total. The smallest absolute Gasteiger partial charge is 0.0107 e. The first-order valence-corrected chi connectivity index (χ1v) is 6.21. The summed E-state index contributed by atoms with van der Waals surface area (Å²) in [6.45, 7) is 4.73. The normalized spacial score (nSPS) is 25.1. The summed E-state index contributed by atoms with van der Waals surface area (Å²) in [5.74, 6) is 0.990. The molecule has 0 aromatic rings. The molecule has 0 bridgehead atoms. The van der Waals surface area contributed by atoms with Crippen LogP contribution in [0.2, 0.25) is 0 Å². The maximum atomic E-state index is 3.64. The zero-order chi connectivity index (χ0) is 9.97. The van der Waals surface area contributed by atoms with Crippen molar-refractivity contribution in [2.24, 2.45) is 5.92 Å². The van der Waals surface area contributed by atoms with Gasteiger partial charge in [0.15, 0.2) is 0 Å². The van der Waals surface area contributed by atoms with E-state index in [0.717, 1.165) is 18.0 Å². The Kier molecular flexibility index (Phi) is 3.45. The second-order valence-electron chi connectivity index (χ2n) is 5.15. The highest BCUT2D eigenvalue weighted by Crippen LogP contribution is 2.32. The molecule has 0 radical (unpaired) electrons. The van der Waals surface area contributed by atoms with E-state index in [1.165, 1.54) is 45.2 Å². The van der Waals surface area contributed by atoms with Gasteiger partial charge in [-0.2, -0.15) is 0 Å². The number of rotatable bonds is 6. The Morgan fingerprint density at radius 1 is 1.29 bits per heavy atom. The molecule has 0 aromatic heterocycles. The summed E-state index contributed by atoms with van der Waals surface area (Å²) in [6.07, 6.45) is 7.20. The van der Waals surface area contributed by atoms with Crippen molar-refractivity contribution >= 4 is 0 Å². The lowest BCUT2D eigenvalue weighted by atomic mass is 9.92. The second kappa shape index (κ2) is 4.63. The second-order valence-corrected chi connectivity index (χ2v) is 5.15. The largest absolute Gasteiger partial charge is 0.313 e. The molecule has 2 heteroatoms. The van der Waals surface area contributed by atoms with Gasteiger partial charge in [0.1, 0.15) is 0 Å². The van der Waals surface area contributed by atoms with E-state index in [1.54, 1.807) is 0 Å². The fourth-order valence-electron chi connectivity index (χ4n) is 2.24. The topological polar surface area (TPSA) is 15.3 Å². The van der Waals surface area contributed by atoms with E-state index in [-0.39, 0.29) is 0 Å². The van der Waals surface area contributed by atoms with E-state index in [9.17, 15) is 0 Å². The highest BCUT2D eigenvalue weighted by molar-refractivity contribution is 4.84. The zero-order valence-electron chi connectivity index (χ0n) is 9.63. The summed E-state index contributed by atoms with van der Waals surface area (Å²) in [6, 6.07) is 1.65. The highest BCUT2D eigenvalue weighted by atomic mass is 15.1. The first-order valence-electron chi connectivity index (χ1n) is 6.21. The Balaban J connectivity index is 1.52. The Bertz CT molecular complexity index is 173. The molecule has 0 aliphatic heterocycles. The molecule has 2 aliphatic carbocycles. The van der Waals surface area contributed by atoms with Crippen molar-refractivity contribution in [3.63, 3.8) is 0 Å². The Morgan fingerprint density at radius 3 is 2.50 bits per heavy atom. The first-order chi connectivity index (χ1) is 6.77. The highest BCUT2D eigenvalue weighted by Gasteiger charge is 2.27. The van der Waals surface area contributed by atoms with E-state index >= 15 is 0 Å². The summed E-state index contributed by atoms with van der Waals surface area (Å²) in [5, 5.41) is 3.64. The molecule has 2 aliphatic rings. The fraction of sp³-hybridized carbons (Fsp3) is 1.00. The maximum Gasteiger partial charge on any atom is 0.0107 e. The molecular weight excluding hydrogens is 172 g/mol. The SMILES string of the molecule is CC(NCCN(C)C1CCC1)C1CC1. The van der Waals surface area contributed by atoms with Crippen LogP contribution < -0.4 is 5.32 Å². The van der Waals surface area contributed by atoms with Gasteiger partial charge in [-0.25, -0.2) is 0 Å². The molecular formula is C12H24N2. The van der Waals surface area contributed by atoms with E-state index in [4.69, 9.17) is 0 Å². The van der Waals surface area contributed by atoms with Crippen LogP contribution in [0.1, 0.15) is 39.0 Å². The molecule has 1 atom stereocenters. The van der Waals surface area contributed by atoms with Crippen molar-refractivity contribution in [1.82, 2.24) is 10.2 Å². The Hall–Kier alpha value is -0.0800. The summed E-state index contributed by atoms with van der Waals surface area (Å²) >= 11 is 0. The van der Waals surface area contributed by atoms with Gasteiger partial charge in [-0.3, -0.25) is 0 Å². The Labute approximate surface area is 88.1 Å². The van der Waals surface area contributed by atoms with Crippen molar-refractivity contribution in [2.75, 3.05) is 20.1 Å². The average Bonchev–Trinajstić information content (AvgIpc) is 2.82. The van der Waals surface area contributed by atoms with Crippen LogP contribution in [-0.4, -0.2) is 37.1 Å². The van der Waals surface area contributed by atoms with E-state index in [2.05, 4.69) is 24.2 Å². The molecule has 2 fully saturated rings. The molecule has 2 saturated carbocycles. The van der Waals surface area contributed by atoms with E-state index < -0.39 is 0 Å². The number of hydrogen-bond donors (Lipinski definition) is 1. The summed E-state index contributed by atoms with van der Waals surface area (Å²) < 4.78 is 0. The van der Waals surface area contributed by atoms with Crippen LogP contribution in [-0.2, 0) is 0 Å². The summed E-state index contributed by atoms with van der Waals surface area (Å²) in [7, 11) is 2.27. The first kappa shape index (κ1) is 10.4. The van der Waals surface area contributed by atoms with Crippen molar-refractivity contribution in [3.05, 3.63) is 0 Å². The number of nitrogens with zero attached hydrogens (tertiary/aromatic N) is 1. The van der Waals surface area contributed by atoms with Crippen LogP contribution in [0.15, 0.2) is 0 Å². The molecule has 2 rings (SSSR count). The standard InChI is InChI=1S/C12H24N2/c1-10(11-6-7-11)13-8-9-14(2)12-4-3-5-12/h10-13H,3-9H2,1-2H3. The predicted molar refractivity (Wildman–Crippen MR) is 60.5 cm³/mol. The summed E-state index contributed by atoms with van der Waals surface area (Å²) in [5.41, 5.74) is 0. The molecule has 0 amide bonds. The van der Waals surface area contributed by atoms with Gasteiger partial charge in [-0.15, -0.1) is 0 Å². The molecule has 82 valence electrons.